The standard InChI is InChI=1S/C19H23N5O2/c1-13(2)24-17(21-22(3)19(24)26)16-5-4-10-23(12-16)18(25)15-8-6-14(11-20)7-9-15/h6-9,13,16H,4-5,10,12H2,1-3H3. The van der Waals surface area contributed by atoms with Gasteiger partial charge in [-0.3, -0.25) is 9.36 Å². The third kappa shape index (κ3) is 3.27. The van der Waals surface area contributed by atoms with E-state index in [0.717, 1.165) is 18.7 Å². The lowest BCUT2D eigenvalue weighted by molar-refractivity contribution is 0.0703. The highest BCUT2D eigenvalue weighted by molar-refractivity contribution is 5.94. The van der Waals surface area contributed by atoms with Crippen LogP contribution in [0.5, 0.6) is 0 Å². The Labute approximate surface area is 152 Å². The number of piperidine rings is 1. The molecule has 7 heteroatoms. The zero-order valence-corrected chi connectivity index (χ0v) is 15.3. The zero-order chi connectivity index (χ0) is 18.8. The fourth-order valence-corrected chi connectivity index (χ4v) is 3.50. The number of carbonyl (C=O) groups excluding carboxylic acids is 1. The van der Waals surface area contributed by atoms with Crippen LogP contribution >= 0.6 is 0 Å². The molecule has 1 fully saturated rings. The summed E-state index contributed by atoms with van der Waals surface area (Å²) in [6.07, 6.45) is 1.77. The van der Waals surface area contributed by atoms with Crippen LogP contribution in [0.2, 0.25) is 0 Å². The van der Waals surface area contributed by atoms with Crippen LogP contribution in [0.25, 0.3) is 0 Å². The predicted octanol–water partition coefficient (Wildman–Crippen LogP) is 2.05. The van der Waals surface area contributed by atoms with Gasteiger partial charge in [0, 0.05) is 37.7 Å². The molecule has 136 valence electrons. The molecule has 1 unspecified atom stereocenters. The highest BCUT2D eigenvalue weighted by Gasteiger charge is 2.30. The van der Waals surface area contributed by atoms with Crippen molar-refractivity contribution < 1.29 is 4.79 Å². The van der Waals surface area contributed by atoms with Gasteiger partial charge in [0.25, 0.3) is 5.91 Å². The summed E-state index contributed by atoms with van der Waals surface area (Å²) < 4.78 is 3.09. The second-order valence-corrected chi connectivity index (χ2v) is 7.01. The summed E-state index contributed by atoms with van der Waals surface area (Å²) >= 11 is 0. The number of benzene rings is 1. The molecule has 1 amide bonds. The van der Waals surface area contributed by atoms with E-state index in [-0.39, 0.29) is 23.6 Å². The van der Waals surface area contributed by atoms with E-state index in [0.29, 0.717) is 24.2 Å². The number of carbonyl (C=O) groups is 1. The van der Waals surface area contributed by atoms with Crippen molar-refractivity contribution in [3.8, 4) is 6.07 Å². The number of amides is 1. The smallest absolute Gasteiger partial charge is 0.338 e. The SMILES string of the molecule is CC(C)n1c(C2CCCN(C(=O)c3ccc(C#N)cc3)C2)nn(C)c1=O. The van der Waals surface area contributed by atoms with E-state index < -0.39 is 0 Å². The van der Waals surface area contributed by atoms with Gasteiger partial charge in [-0.2, -0.15) is 10.4 Å². The fourth-order valence-electron chi connectivity index (χ4n) is 3.50. The number of aromatic nitrogens is 3. The molecule has 1 aliphatic heterocycles. The van der Waals surface area contributed by atoms with Gasteiger partial charge in [0.1, 0.15) is 5.82 Å². The zero-order valence-electron chi connectivity index (χ0n) is 15.3. The van der Waals surface area contributed by atoms with E-state index in [4.69, 9.17) is 5.26 Å². The molecule has 1 aliphatic rings. The molecule has 0 saturated carbocycles. The first-order valence-corrected chi connectivity index (χ1v) is 8.87. The Morgan fingerprint density at radius 2 is 2.00 bits per heavy atom. The molecule has 0 bridgehead atoms. The number of hydrogen-bond donors (Lipinski definition) is 0. The molecular weight excluding hydrogens is 330 g/mol. The van der Waals surface area contributed by atoms with Crippen molar-refractivity contribution in [3.05, 3.63) is 51.7 Å². The highest BCUT2D eigenvalue weighted by atomic mass is 16.2. The van der Waals surface area contributed by atoms with Crippen LogP contribution in [0.15, 0.2) is 29.1 Å². The Morgan fingerprint density at radius 3 is 2.62 bits per heavy atom. The van der Waals surface area contributed by atoms with E-state index in [9.17, 15) is 9.59 Å². The molecule has 3 rings (SSSR count). The van der Waals surface area contributed by atoms with E-state index >= 15 is 0 Å². The third-order valence-corrected chi connectivity index (χ3v) is 4.83. The second-order valence-electron chi connectivity index (χ2n) is 7.01. The van der Waals surface area contributed by atoms with Crippen molar-refractivity contribution in [2.45, 2.75) is 38.6 Å². The molecule has 1 aromatic heterocycles. The first-order chi connectivity index (χ1) is 12.4. The van der Waals surface area contributed by atoms with Crippen molar-refractivity contribution in [2.75, 3.05) is 13.1 Å². The first-order valence-electron chi connectivity index (χ1n) is 8.87. The molecule has 0 aliphatic carbocycles. The summed E-state index contributed by atoms with van der Waals surface area (Å²) in [5.74, 6) is 0.751. The van der Waals surface area contributed by atoms with E-state index in [1.165, 1.54) is 4.68 Å². The van der Waals surface area contributed by atoms with Crippen molar-refractivity contribution in [3.63, 3.8) is 0 Å². The average molecular weight is 353 g/mol. The van der Waals surface area contributed by atoms with Crippen LogP contribution in [0.3, 0.4) is 0 Å². The molecule has 0 spiro atoms. The average Bonchev–Trinajstić information content (AvgIpc) is 2.96. The van der Waals surface area contributed by atoms with Crippen LogP contribution in [-0.2, 0) is 7.05 Å². The highest BCUT2D eigenvalue weighted by Crippen LogP contribution is 2.27. The van der Waals surface area contributed by atoms with Gasteiger partial charge in [-0.25, -0.2) is 9.48 Å². The van der Waals surface area contributed by atoms with Gasteiger partial charge in [-0.1, -0.05) is 0 Å². The Kier molecular flexibility index (Phi) is 4.94. The monoisotopic (exact) mass is 353 g/mol. The van der Waals surface area contributed by atoms with Gasteiger partial charge in [0.15, 0.2) is 0 Å². The van der Waals surface area contributed by atoms with Crippen LogP contribution in [0, 0.1) is 11.3 Å². The number of hydrogen-bond acceptors (Lipinski definition) is 4. The lowest BCUT2D eigenvalue weighted by atomic mass is 9.96. The fraction of sp³-hybridized carbons (Fsp3) is 0.474. The minimum atomic E-state index is -0.120. The van der Waals surface area contributed by atoms with Crippen LogP contribution in [-0.4, -0.2) is 38.2 Å². The molecule has 7 nitrogen and oxygen atoms in total. The van der Waals surface area contributed by atoms with Gasteiger partial charge >= 0.3 is 5.69 Å². The van der Waals surface area contributed by atoms with Crippen molar-refractivity contribution in [1.82, 2.24) is 19.2 Å². The summed E-state index contributed by atoms with van der Waals surface area (Å²) in [6.45, 7) is 5.17. The van der Waals surface area contributed by atoms with Crippen molar-refractivity contribution >= 4 is 5.91 Å². The number of aryl methyl sites for hydroxylation is 1. The van der Waals surface area contributed by atoms with Gasteiger partial charge in [-0.05, 0) is 51.0 Å². The van der Waals surface area contributed by atoms with Gasteiger partial charge in [0.05, 0.1) is 11.6 Å². The maximum Gasteiger partial charge on any atom is 0.345 e. The number of nitrogens with zero attached hydrogens (tertiary/aromatic N) is 5. The second kappa shape index (κ2) is 7.16. The number of likely N-dealkylation sites (tertiary alicyclic amines) is 1. The van der Waals surface area contributed by atoms with E-state index in [1.54, 1.807) is 35.9 Å². The van der Waals surface area contributed by atoms with Gasteiger partial charge in [-0.15, -0.1) is 0 Å². The molecule has 0 N–H and O–H groups in total. The quantitative estimate of drug-likeness (QED) is 0.845. The largest absolute Gasteiger partial charge is 0.345 e. The molecule has 26 heavy (non-hydrogen) atoms. The summed E-state index contributed by atoms with van der Waals surface area (Å²) in [7, 11) is 1.66. The predicted molar refractivity (Wildman–Crippen MR) is 96.9 cm³/mol. The maximum atomic E-state index is 12.8. The Balaban J connectivity index is 1.83. The first kappa shape index (κ1) is 17.9. The molecule has 1 atom stereocenters. The maximum absolute atomic E-state index is 12.8. The minimum Gasteiger partial charge on any atom is -0.338 e. The van der Waals surface area contributed by atoms with Gasteiger partial charge in [0.2, 0.25) is 0 Å². The lowest BCUT2D eigenvalue weighted by Crippen LogP contribution is -2.40. The molecule has 0 radical (unpaired) electrons. The lowest BCUT2D eigenvalue weighted by Gasteiger charge is -2.32. The van der Waals surface area contributed by atoms with Crippen LogP contribution < -0.4 is 5.69 Å². The molecular formula is C19H23N5O2. The topological polar surface area (TPSA) is 83.9 Å². The molecule has 1 saturated heterocycles. The van der Waals surface area contributed by atoms with Crippen LogP contribution in [0.4, 0.5) is 0 Å². The van der Waals surface area contributed by atoms with Crippen molar-refractivity contribution in [2.24, 2.45) is 7.05 Å². The van der Waals surface area contributed by atoms with Crippen LogP contribution in [0.1, 0.15) is 60.4 Å². The normalized spacial score (nSPS) is 17.3. The number of nitriles is 1. The summed E-state index contributed by atoms with van der Waals surface area (Å²) in [4.78, 5) is 27.0. The summed E-state index contributed by atoms with van der Waals surface area (Å²) in [6, 6.07) is 8.77. The Bertz CT molecular complexity index is 901. The minimum absolute atomic E-state index is 0.0239. The molecule has 2 aromatic rings. The summed E-state index contributed by atoms with van der Waals surface area (Å²) in [5.41, 5.74) is 0.991. The van der Waals surface area contributed by atoms with E-state index in [1.807, 2.05) is 18.7 Å². The number of rotatable bonds is 3. The van der Waals surface area contributed by atoms with E-state index in [2.05, 4.69) is 11.2 Å². The Morgan fingerprint density at radius 1 is 1.31 bits per heavy atom. The third-order valence-electron chi connectivity index (χ3n) is 4.83. The Hall–Kier alpha value is -2.88. The molecule has 2 heterocycles. The summed E-state index contributed by atoms with van der Waals surface area (Å²) in [5, 5.41) is 13.3. The van der Waals surface area contributed by atoms with Crippen molar-refractivity contribution in [1.29, 1.82) is 5.26 Å². The molecule has 1 aromatic carbocycles. The van der Waals surface area contributed by atoms with Gasteiger partial charge < -0.3 is 4.90 Å².